The fourth-order valence-electron chi connectivity index (χ4n) is 2.91. The number of methoxy groups -OCH3 is 1. The molecule has 2 rings (SSSR count). The van der Waals surface area contributed by atoms with Gasteiger partial charge in [-0.3, -0.25) is 0 Å². The lowest BCUT2D eigenvalue weighted by molar-refractivity contribution is -0.142. The van der Waals surface area contributed by atoms with Crippen LogP contribution in [0.3, 0.4) is 0 Å². The molecule has 0 spiro atoms. The molecule has 2 aromatic carbocycles. The van der Waals surface area contributed by atoms with Crippen LogP contribution in [0.4, 0.5) is 0 Å². The second-order valence-electron chi connectivity index (χ2n) is 7.02. The Balaban J connectivity index is 2.14. The smallest absolute Gasteiger partial charge is 0.373 e. The average molecular weight is 443 g/mol. The Labute approximate surface area is 191 Å². The summed E-state index contributed by atoms with van der Waals surface area (Å²) in [5.41, 5.74) is 1.94. The summed E-state index contributed by atoms with van der Waals surface area (Å²) in [4.78, 5) is 12.1. The molecule has 0 aliphatic heterocycles. The highest BCUT2D eigenvalue weighted by atomic mass is 16.6. The number of rotatable bonds is 14. The highest BCUT2D eigenvalue weighted by molar-refractivity contribution is 5.91. The highest BCUT2D eigenvalue weighted by Crippen LogP contribution is 2.30. The van der Waals surface area contributed by atoms with Gasteiger partial charge in [0, 0.05) is 6.42 Å². The summed E-state index contributed by atoms with van der Waals surface area (Å²) in [5, 5.41) is 0. The van der Waals surface area contributed by atoms with Gasteiger partial charge in [0.2, 0.25) is 5.76 Å². The Kier molecular flexibility index (Phi) is 11.0. The maximum Gasteiger partial charge on any atom is 0.373 e. The fraction of sp³-hybridized carbons (Fsp3) is 0.423. The first-order chi connectivity index (χ1) is 15.6. The van der Waals surface area contributed by atoms with Gasteiger partial charge >= 0.3 is 5.97 Å². The van der Waals surface area contributed by atoms with Crippen molar-refractivity contribution in [1.29, 1.82) is 0 Å². The quantitative estimate of drug-likeness (QED) is 0.168. The monoisotopic (exact) mass is 442 g/mol. The summed E-state index contributed by atoms with van der Waals surface area (Å²) in [7, 11) is 1.65. The van der Waals surface area contributed by atoms with E-state index in [0.717, 1.165) is 36.1 Å². The van der Waals surface area contributed by atoms with Crippen molar-refractivity contribution < 1.29 is 28.5 Å². The standard InChI is InChI=1S/C26H34O6/c1-5-8-16-31-24-18-21(19-25(29-6-2)26(27)30-7-3)11-14-23(24)32-17-15-20-9-12-22(28-4)13-10-20/h9-14,18-19H,5-8,15-17H2,1-4H3/b25-19-. The van der Waals surface area contributed by atoms with Crippen molar-refractivity contribution in [2.24, 2.45) is 0 Å². The molecule has 0 saturated heterocycles. The van der Waals surface area contributed by atoms with Gasteiger partial charge in [-0.2, -0.15) is 0 Å². The molecule has 0 unspecified atom stereocenters. The van der Waals surface area contributed by atoms with Gasteiger partial charge in [-0.05, 0) is 61.7 Å². The van der Waals surface area contributed by atoms with Crippen molar-refractivity contribution in [2.75, 3.05) is 33.5 Å². The van der Waals surface area contributed by atoms with E-state index in [1.54, 1.807) is 20.1 Å². The molecule has 0 N–H and O–H groups in total. The van der Waals surface area contributed by atoms with Crippen LogP contribution >= 0.6 is 0 Å². The van der Waals surface area contributed by atoms with Gasteiger partial charge in [0.1, 0.15) is 5.75 Å². The third-order valence-electron chi connectivity index (χ3n) is 4.60. The molecule has 0 aliphatic rings. The molecule has 6 nitrogen and oxygen atoms in total. The third kappa shape index (κ3) is 8.17. The molecule has 0 aliphatic carbocycles. The Morgan fingerprint density at radius 2 is 1.59 bits per heavy atom. The van der Waals surface area contributed by atoms with Gasteiger partial charge < -0.3 is 23.7 Å². The fourth-order valence-corrected chi connectivity index (χ4v) is 2.91. The summed E-state index contributed by atoms with van der Waals surface area (Å²) in [6.45, 7) is 7.47. The van der Waals surface area contributed by atoms with Gasteiger partial charge in [-0.1, -0.05) is 31.5 Å². The van der Waals surface area contributed by atoms with Crippen LogP contribution in [0.5, 0.6) is 17.2 Å². The number of hydrogen-bond donors (Lipinski definition) is 0. The summed E-state index contributed by atoms with van der Waals surface area (Å²) in [6, 6.07) is 13.5. The number of unbranched alkanes of at least 4 members (excludes halogenated alkanes) is 1. The minimum absolute atomic E-state index is 0.169. The lowest BCUT2D eigenvalue weighted by Crippen LogP contribution is -2.10. The van der Waals surface area contributed by atoms with Crippen molar-refractivity contribution in [2.45, 2.75) is 40.0 Å². The number of benzene rings is 2. The van der Waals surface area contributed by atoms with Crippen LogP contribution in [0.1, 0.15) is 44.7 Å². The number of carbonyl (C=O) groups excluding carboxylic acids is 1. The first-order valence-electron chi connectivity index (χ1n) is 11.1. The normalized spacial score (nSPS) is 11.1. The molecule has 32 heavy (non-hydrogen) atoms. The summed E-state index contributed by atoms with van der Waals surface area (Å²) >= 11 is 0. The minimum atomic E-state index is -0.484. The topological polar surface area (TPSA) is 63.2 Å². The van der Waals surface area contributed by atoms with Crippen molar-refractivity contribution in [3.05, 3.63) is 59.4 Å². The van der Waals surface area contributed by atoms with Gasteiger partial charge in [-0.15, -0.1) is 0 Å². The molecule has 2 aromatic rings. The Morgan fingerprint density at radius 1 is 0.875 bits per heavy atom. The van der Waals surface area contributed by atoms with Gasteiger partial charge in [-0.25, -0.2) is 4.79 Å². The van der Waals surface area contributed by atoms with Crippen molar-refractivity contribution >= 4 is 12.0 Å². The van der Waals surface area contributed by atoms with E-state index < -0.39 is 5.97 Å². The predicted molar refractivity (Wildman–Crippen MR) is 125 cm³/mol. The largest absolute Gasteiger partial charge is 0.497 e. The van der Waals surface area contributed by atoms with E-state index in [0.29, 0.717) is 31.3 Å². The van der Waals surface area contributed by atoms with Crippen LogP contribution < -0.4 is 14.2 Å². The first kappa shape index (κ1) is 25.1. The highest BCUT2D eigenvalue weighted by Gasteiger charge is 2.13. The van der Waals surface area contributed by atoms with Crippen molar-refractivity contribution in [1.82, 2.24) is 0 Å². The zero-order valence-electron chi connectivity index (χ0n) is 19.5. The first-order valence-corrected chi connectivity index (χ1v) is 11.1. The number of ether oxygens (including phenoxy) is 5. The molecule has 0 bridgehead atoms. The van der Waals surface area contributed by atoms with Crippen LogP contribution in [0, 0.1) is 0 Å². The van der Waals surface area contributed by atoms with Crippen LogP contribution in [0.15, 0.2) is 48.2 Å². The third-order valence-corrected chi connectivity index (χ3v) is 4.60. The molecule has 0 fully saturated rings. The van der Waals surface area contributed by atoms with E-state index in [1.165, 1.54) is 0 Å². The molecule has 6 heteroatoms. The van der Waals surface area contributed by atoms with Crippen LogP contribution in [0.2, 0.25) is 0 Å². The molecule has 0 saturated carbocycles. The second kappa shape index (κ2) is 14.0. The zero-order valence-corrected chi connectivity index (χ0v) is 19.5. The molecular weight excluding hydrogens is 408 g/mol. The summed E-state index contributed by atoms with van der Waals surface area (Å²) < 4.78 is 27.7. The maximum absolute atomic E-state index is 12.1. The van der Waals surface area contributed by atoms with E-state index in [4.69, 9.17) is 23.7 Å². The second-order valence-corrected chi connectivity index (χ2v) is 7.02. The van der Waals surface area contributed by atoms with E-state index in [9.17, 15) is 4.79 Å². The lowest BCUT2D eigenvalue weighted by Gasteiger charge is -2.14. The molecule has 0 aromatic heterocycles. The minimum Gasteiger partial charge on any atom is -0.497 e. The zero-order chi connectivity index (χ0) is 23.2. The van der Waals surface area contributed by atoms with E-state index >= 15 is 0 Å². The number of carbonyl (C=O) groups is 1. The molecule has 0 atom stereocenters. The lowest BCUT2D eigenvalue weighted by atomic mass is 10.1. The number of hydrogen-bond acceptors (Lipinski definition) is 6. The van der Waals surface area contributed by atoms with Gasteiger partial charge in [0.15, 0.2) is 11.5 Å². The van der Waals surface area contributed by atoms with E-state index in [1.807, 2.05) is 49.4 Å². The summed E-state index contributed by atoms with van der Waals surface area (Å²) in [5.74, 6) is 1.83. The Hall–Kier alpha value is -3.15. The average Bonchev–Trinajstić information content (AvgIpc) is 2.81. The number of esters is 1. The van der Waals surface area contributed by atoms with Crippen molar-refractivity contribution in [3.63, 3.8) is 0 Å². The van der Waals surface area contributed by atoms with Crippen LogP contribution in [-0.2, 0) is 20.7 Å². The van der Waals surface area contributed by atoms with Gasteiger partial charge in [0.05, 0.1) is 33.5 Å². The summed E-state index contributed by atoms with van der Waals surface area (Å²) in [6.07, 6.45) is 4.40. The molecule has 0 radical (unpaired) electrons. The molecule has 174 valence electrons. The van der Waals surface area contributed by atoms with E-state index in [-0.39, 0.29) is 12.4 Å². The molecular formula is C26H34O6. The molecule has 0 amide bonds. The SMILES string of the molecule is CCCCOc1cc(/C=C(\OCC)C(=O)OCC)ccc1OCCc1ccc(OC)cc1. The molecule has 0 heterocycles. The van der Waals surface area contributed by atoms with E-state index in [2.05, 4.69) is 6.92 Å². The van der Waals surface area contributed by atoms with Crippen molar-refractivity contribution in [3.8, 4) is 17.2 Å². The Bertz CT molecular complexity index is 857. The Morgan fingerprint density at radius 3 is 2.25 bits per heavy atom. The van der Waals surface area contributed by atoms with Crippen LogP contribution in [0.25, 0.3) is 6.08 Å². The predicted octanol–water partition coefficient (Wildman–Crippen LogP) is 5.44. The maximum atomic E-state index is 12.1. The van der Waals surface area contributed by atoms with Gasteiger partial charge in [0.25, 0.3) is 0 Å². The van der Waals surface area contributed by atoms with Crippen LogP contribution in [-0.4, -0.2) is 39.5 Å².